The average molecular weight is 663 g/mol. The lowest BCUT2D eigenvalue weighted by Crippen LogP contribution is -1.95. The molecule has 246 valence electrons. The van der Waals surface area contributed by atoms with E-state index in [0.717, 1.165) is 0 Å². The third-order valence-corrected chi connectivity index (χ3v) is 10.6. The van der Waals surface area contributed by atoms with Gasteiger partial charge in [-0.1, -0.05) is 182 Å². The molecule has 0 saturated carbocycles. The van der Waals surface area contributed by atoms with Crippen LogP contribution in [-0.2, 0) is 0 Å². The van der Waals surface area contributed by atoms with Crippen molar-refractivity contribution in [3.05, 3.63) is 205 Å². The van der Waals surface area contributed by atoms with Gasteiger partial charge in [-0.2, -0.15) is 0 Å². The van der Waals surface area contributed by atoms with Gasteiger partial charge in [0.15, 0.2) is 0 Å². The highest BCUT2D eigenvalue weighted by Crippen LogP contribution is 2.48. The van der Waals surface area contributed by atoms with Gasteiger partial charge in [0.1, 0.15) is 0 Å². The molecule has 0 aromatic heterocycles. The van der Waals surface area contributed by atoms with E-state index < -0.39 is 0 Å². The number of aryl methyl sites for hydroxylation is 2. The summed E-state index contributed by atoms with van der Waals surface area (Å²) in [7, 11) is 0. The molecule has 0 aliphatic rings. The summed E-state index contributed by atoms with van der Waals surface area (Å²) < 4.78 is 0. The molecular weight excluding hydrogens is 625 g/mol. The lowest BCUT2D eigenvalue weighted by molar-refractivity contribution is 1.46. The highest BCUT2D eigenvalue weighted by molar-refractivity contribution is 6.23. The first-order valence-corrected chi connectivity index (χ1v) is 18.1. The molecule has 0 aliphatic heterocycles. The Bertz CT molecular complexity index is 2540. The molecule has 0 aliphatic carbocycles. The molecule has 0 heterocycles. The molecule has 9 aromatic carbocycles. The zero-order valence-corrected chi connectivity index (χ0v) is 29.5. The zero-order chi connectivity index (χ0) is 35.0. The quantitative estimate of drug-likeness (QED) is 0.155. The largest absolute Gasteiger partial charge is 0.0622 e. The Balaban J connectivity index is 1.40. The van der Waals surface area contributed by atoms with Crippen LogP contribution in [0.25, 0.3) is 88.3 Å². The molecule has 0 nitrogen and oxygen atoms in total. The van der Waals surface area contributed by atoms with E-state index in [4.69, 9.17) is 0 Å². The summed E-state index contributed by atoms with van der Waals surface area (Å²) >= 11 is 0. The molecule has 0 saturated heterocycles. The second-order valence-corrected chi connectivity index (χ2v) is 13.7. The van der Waals surface area contributed by atoms with Crippen LogP contribution in [0.3, 0.4) is 0 Å². The summed E-state index contributed by atoms with van der Waals surface area (Å²) in [6, 6.07) is 71.1. The second kappa shape index (κ2) is 13.3. The molecule has 0 radical (unpaired) electrons. The maximum atomic E-state index is 2.44. The fourth-order valence-corrected chi connectivity index (χ4v) is 8.06. The van der Waals surface area contributed by atoms with E-state index in [1.54, 1.807) is 0 Å². The van der Waals surface area contributed by atoms with Crippen molar-refractivity contribution >= 4 is 21.5 Å². The predicted octanol–water partition coefficient (Wildman–Crippen LogP) is 14.6. The Labute approximate surface area is 306 Å². The Morgan fingerprint density at radius 3 is 0.904 bits per heavy atom. The predicted molar refractivity (Wildman–Crippen MR) is 224 cm³/mol. The number of rotatable bonds is 6. The smallest absolute Gasteiger partial charge is 0.00235 e. The standard InChI is InChI=1S/C52H38/c1-35-17-9-11-23-41(35)51-47-31-29-40(46-28-16-14-26-44(46)38-21-7-4-8-22-38)34-50(47)52(42-24-12-10-18-36(42)2)48-32-30-39(33-49(48)51)45-27-15-13-25-43(45)37-19-5-3-6-20-37/h3-34H,1-2H3. The molecule has 0 spiro atoms. The lowest BCUT2D eigenvalue weighted by Gasteiger charge is -2.22. The van der Waals surface area contributed by atoms with Crippen molar-refractivity contribution in [2.75, 3.05) is 0 Å². The minimum absolute atomic E-state index is 1.21. The van der Waals surface area contributed by atoms with Crippen molar-refractivity contribution in [3.8, 4) is 66.8 Å². The van der Waals surface area contributed by atoms with E-state index in [1.807, 2.05) is 0 Å². The topological polar surface area (TPSA) is 0 Å². The van der Waals surface area contributed by atoms with Crippen LogP contribution >= 0.6 is 0 Å². The molecular formula is C52H38. The highest BCUT2D eigenvalue weighted by Gasteiger charge is 2.21. The van der Waals surface area contributed by atoms with Crippen LogP contribution in [-0.4, -0.2) is 0 Å². The van der Waals surface area contributed by atoms with E-state index in [0.29, 0.717) is 0 Å². The van der Waals surface area contributed by atoms with Gasteiger partial charge in [-0.3, -0.25) is 0 Å². The summed E-state index contributed by atoms with van der Waals surface area (Å²) in [4.78, 5) is 0. The van der Waals surface area contributed by atoms with E-state index in [1.165, 1.54) is 99.4 Å². The lowest BCUT2D eigenvalue weighted by atomic mass is 9.81. The number of benzene rings is 9. The van der Waals surface area contributed by atoms with Gasteiger partial charge in [0.05, 0.1) is 0 Å². The Morgan fingerprint density at radius 2 is 0.538 bits per heavy atom. The van der Waals surface area contributed by atoms with Gasteiger partial charge in [-0.05, 0) is 125 Å². The Kier molecular flexibility index (Phi) is 8.07. The van der Waals surface area contributed by atoms with Crippen LogP contribution in [0.1, 0.15) is 11.1 Å². The van der Waals surface area contributed by atoms with Gasteiger partial charge in [-0.15, -0.1) is 0 Å². The average Bonchev–Trinajstić information content (AvgIpc) is 3.21. The van der Waals surface area contributed by atoms with Gasteiger partial charge in [0, 0.05) is 0 Å². The monoisotopic (exact) mass is 662 g/mol. The molecule has 0 fully saturated rings. The van der Waals surface area contributed by atoms with Crippen LogP contribution in [0.15, 0.2) is 194 Å². The molecule has 9 rings (SSSR count). The molecule has 0 heteroatoms. The molecule has 0 amide bonds. The first kappa shape index (κ1) is 31.5. The summed E-state index contributed by atoms with van der Waals surface area (Å²) in [6.45, 7) is 4.47. The Hall–Kier alpha value is -6.50. The normalized spacial score (nSPS) is 11.3. The van der Waals surface area contributed by atoms with Gasteiger partial charge in [0.25, 0.3) is 0 Å². The Morgan fingerprint density at radius 1 is 0.231 bits per heavy atom. The molecule has 0 bridgehead atoms. The van der Waals surface area contributed by atoms with Crippen molar-refractivity contribution in [2.24, 2.45) is 0 Å². The third-order valence-electron chi connectivity index (χ3n) is 10.6. The van der Waals surface area contributed by atoms with Crippen molar-refractivity contribution in [3.63, 3.8) is 0 Å². The molecule has 0 N–H and O–H groups in total. The van der Waals surface area contributed by atoms with Crippen LogP contribution in [0.5, 0.6) is 0 Å². The van der Waals surface area contributed by atoms with Crippen molar-refractivity contribution < 1.29 is 0 Å². The third kappa shape index (κ3) is 5.50. The molecule has 9 aromatic rings. The van der Waals surface area contributed by atoms with Crippen LogP contribution in [0, 0.1) is 13.8 Å². The first-order valence-electron chi connectivity index (χ1n) is 18.1. The first-order chi connectivity index (χ1) is 25.7. The van der Waals surface area contributed by atoms with Crippen molar-refractivity contribution in [1.29, 1.82) is 0 Å². The van der Waals surface area contributed by atoms with Crippen molar-refractivity contribution in [2.45, 2.75) is 13.8 Å². The minimum Gasteiger partial charge on any atom is -0.0622 e. The number of hydrogen-bond donors (Lipinski definition) is 0. The second-order valence-electron chi connectivity index (χ2n) is 13.7. The van der Waals surface area contributed by atoms with E-state index in [2.05, 4.69) is 208 Å². The van der Waals surface area contributed by atoms with E-state index >= 15 is 0 Å². The summed E-state index contributed by atoms with van der Waals surface area (Å²) in [5.41, 5.74) is 17.4. The van der Waals surface area contributed by atoms with Gasteiger partial charge in [0.2, 0.25) is 0 Å². The minimum atomic E-state index is 1.21. The van der Waals surface area contributed by atoms with Gasteiger partial charge < -0.3 is 0 Å². The molecule has 52 heavy (non-hydrogen) atoms. The van der Waals surface area contributed by atoms with Crippen molar-refractivity contribution in [1.82, 2.24) is 0 Å². The van der Waals surface area contributed by atoms with E-state index in [-0.39, 0.29) is 0 Å². The number of hydrogen-bond acceptors (Lipinski definition) is 0. The zero-order valence-electron chi connectivity index (χ0n) is 29.5. The maximum absolute atomic E-state index is 2.44. The fraction of sp³-hybridized carbons (Fsp3) is 0.0385. The fourth-order valence-electron chi connectivity index (χ4n) is 8.06. The summed E-state index contributed by atoms with van der Waals surface area (Å²) in [5, 5.41) is 5.04. The molecule has 0 unspecified atom stereocenters. The maximum Gasteiger partial charge on any atom is -0.00235 e. The van der Waals surface area contributed by atoms with Gasteiger partial charge in [-0.25, -0.2) is 0 Å². The summed E-state index contributed by atoms with van der Waals surface area (Å²) in [6.07, 6.45) is 0. The van der Waals surface area contributed by atoms with Crippen LogP contribution < -0.4 is 0 Å². The van der Waals surface area contributed by atoms with Crippen LogP contribution in [0.4, 0.5) is 0 Å². The summed E-state index contributed by atoms with van der Waals surface area (Å²) in [5.74, 6) is 0. The van der Waals surface area contributed by atoms with Crippen LogP contribution in [0.2, 0.25) is 0 Å². The number of fused-ring (bicyclic) bond motifs is 2. The van der Waals surface area contributed by atoms with Gasteiger partial charge >= 0.3 is 0 Å². The highest BCUT2D eigenvalue weighted by atomic mass is 14.2. The SMILES string of the molecule is Cc1ccccc1-c1c2ccc(-c3ccccc3-c3ccccc3)cc2c(-c2ccccc2C)c2ccc(-c3ccccc3-c3ccccc3)cc12. The molecule has 0 atom stereocenters. The van der Waals surface area contributed by atoms with E-state index in [9.17, 15) is 0 Å².